The lowest BCUT2D eigenvalue weighted by molar-refractivity contribution is -0.384. The normalized spacial score (nSPS) is 11.0. The summed E-state index contributed by atoms with van der Waals surface area (Å²) >= 11 is 3.45. The molecule has 0 heterocycles. The van der Waals surface area contributed by atoms with Crippen LogP contribution >= 0.6 is 15.9 Å². The first-order valence-corrected chi connectivity index (χ1v) is 6.93. The van der Waals surface area contributed by atoms with Gasteiger partial charge in [-0.15, -0.1) is 0 Å². The molecule has 0 fully saturated rings. The Balaban J connectivity index is 2.39. The zero-order valence-electron chi connectivity index (χ0n) is 11.2. The maximum absolute atomic E-state index is 10.6. The lowest BCUT2D eigenvalue weighted by atomic mass is 10.0. The van der Waals surface area contributed by atoms with Crippen LogP contribution in [0, 0.1) is 28.4 Å². The Kier molecular flexibility index (Phi) is 4.51. The maximum Gasteiger partial charge on any atom is 0.269 e. The Labute approximate surface area is 130 Å². The first-order valence-electron chi connectivity index (χ1n) is 6.14. The molecule has 0 unspecified atom stereocenters. The van der Waals surface area contributed by atoms with Gasteiger partial charge in [0.05, 0.1) is 16.6 Å². The summed E-state index contributed by atoms with van der Waals surface area (Å²) < 4.78 is 0.970. The van der Waals surface area contributed by atoms with Gasteiger partial charge in [-0.2, -0.15) is 5.26 Å². The van der Waals surface area contributed by atoms with Crippen molar-refractivity contribution in [3.8, 4) is 6.07 Å². The van der Waals surface area contributed by atoms with E-state index in [4.69, 9.17) is 0 Å². The van der Waals surface area contributed by atoms with Crippen LogP contribution in [0.4, 0.5) is 5.69 Å². The van der Waals surface area contributed by atoms with Crippen LogP contribution in [0.1, 0.15) is 16.7 Å². The molecule has 0 saturated heterocycles. The SMILES string of the molecule is Cc1ccc(/C=C(\C#N)c2ccc([N+](=O)[O-])cc2)cc1Br. The predicted octanol–water partition coefficient (Wildman–Crippen LogP) is 4.73. The van der Waals surface area contributed by atoms with E-state index in [9.17, 15) is 15.4 Å². The number of nitro benzene ring substituents is 1. The maximum atomic E-state index is 10.6. The molecule has 0 aliphatic carbocycles. The molecular weight excluding hydrogens is 332 g/mol. The highest BCUT2D eigenvalue weighted by Gasteiger charge is 2.07. The number of halogens is 1. The fraction of sp³-hybridized carbons (Fsp3) is 0.0625. The number of nitriles is 1. The van der Waals surface area contributed by atoms with Gasteiger partial charge < -0.3 is 0 Å². The zero-order chi connectivity index (χ0) is 15.4. The summed E-state index contributed by atoms with van der Waals surface area (Å²) in [5.41, 5.74) is 3.12. The highest BCUT2D eigenvalue weighted by Crippen LogP contribution is 2.23. The largest absolute Gasteiger partial charge is 0.269 e. The van der Waals surface area contributed by atoms with E-state index in [0.29, 0.717) is 11.1 Å². The van der Waals surface area contributed by atoms with E-state index >= 15 is 0 Å². The molecule has 0 saturated carbocycles. The van der Waals surface area contributed by atoms with Gasteiger partial charge in [0.15, 0.2) is 0 Å². The molecule has 0 N–H and O–H groups in total. The molecule has 0 spiro atoms. The molecule has 2 aromatic carbocycles. The van der Waals surface area contributed by atoms with Gasteiger partial charge in [0.2, 0.25) is 0 Å². The monoisotopic (exact) mass is 342 g/mol. The van der Waals surface area contributed by atoms with Crippen molar-refractivity contribution in [1.82, 2.24) is 0 Å². The number of nitrogens with zero attached hydrogens (tertiary/aromatic N) is 2. The van der Waals surface area contributed by atoms with E-state index in [1.807, 2.05) is 25.1 Å². The smallest absolute Gasteiger partial charge is 0.258 e. The van der Waals surface area contributed by atoms with Crippen LogP contribution in [-0.4, -0.2) is 4.92 Å². The van der Waals surface area contributed by atoms with Crippen LogP contribution < -0.4 is 0 Å². The Bertz CT molecular complexity index is 759. The van der Waals surface area contributed by atoms with Crippen LogP contribution in [0.2, 0.25) is 0 Å². The van der Waals surface area contributed by atoms with Gasteiger partial charge in [-0.25, -0.2) is 0 Å². The van der Waals surface area contributed by atoms with Crippen LogP contribution in [0.3, 0.4) is 0 Å². The number of non-ortho nitro benzene ring substituents is 1. The number of hydrogen-bond donors (Lipinski definition) is 0. The molecule has 2 rings (SSSR count). The molecule has 0 amide bonds. The summed E-state index contributed by atoms with van der Waals surface area (Å²) in [4.78, 5) is 10.2. The number of nitro groups is 1. The van der Waals surface area contributed by atoms with Crippen LogP contribution in [0.25, 0.3) is 11.6 Å². The van der Waals surface area contributed by atoms with E-state index < -0.39 is 4.92 Å². The molecule has 0 aromatic heterocycles. The second kappa shape index (κ2) is 6.33. The topological polar surface area (TPSA) is 66.9 Å². The number of benzene rings is 2. The fourth-order valence-corrected chi connectivity index (χ4v) is 2.20. The molecule has 0 aliphatic heterocycles. The molecule has 0 atom stereocenters. The summed E-state index contributed by atoms with van der Waals surface area (Å²) in [6.45, 7) is 1.99. The summed E-state index contributed by atoms with van der Waals surface area (Å²) in [5, 5.41) is 19.9. The van der Waals surface area contributed by atoms with Gasteiger partial charge in [0.1, 0.15) is 0 Å². The van der Waals surface area contributed by atoms with Crippen molar-refractivity contribution in [2.75, 3.05) is 0 Å². The highest BCUT2D eigenvalue weighted by atomic mass is 79.9. The fourth-order valence-electron chi connectivity index (χ4n) is 1.81. The van der Waals surface area contributed by atoms with Crippen LogP contribution in [0.5, 0.6) is 0 Å². The van der Waals surface area contributed by atoms with E-state index in [2.05, 4.69) is 22.0 Å². The first-order chi connectivity index (χ1) is 10.0. The number of aryl methyl sites for hydroxylation is 1. The molecule has 104 valence electrons. The van der Waals surface area contributed by atoms with E-state index in [-0.39, 0.29) is 5.69 Å². The van der Waals surface area contributed by atoms with E-state index in [0.717, 1.165) is 15.6 Å². The third-order valence-corrected chi connectivity index (χ3v) is 3.87. The molecule has 5 heteroatoms. The average molecular weight is 343 g/mol. The van der Waals surface area contributed by atoms with Gasteiger partial charge in [-0.3, -0.25) is 10.1 Å². The van der Waals surface area contributed by atoms with Crippen molar-refractivity contribution in [1.29, 1.82) is 5.26 Å². The number of allylic oxidation sites excluding steroid dienone is 1. The summed E-state index contributed by atoms with van der Waals surface area (Å²) in [6, 6.07) is 13.9. The first kappa shape index (κ1) is 14.9. The van der Waals surface area contributed by atoms with Crippen molar-refractivity contribution in [2.24, 2.45) is 0 Å². The van der Waals surface area contributed by atoms with Crippen molar-refractivity contribution in [3.05, 3.63) is 73.7 Å². The minimum atomic E-state index is -0.462. The minimum absolute atomic E-state index is 0.00844. The van der Waals surface area contributed by atoms with Crippen LogP contribution in [0.15, 0.2) is 46.9 Å². The standard InChI is InChI=1S/C16H11BrN2O2/c1-11-2-3-12(9-16(11)17)8-14(10-18)13-4-6-15(7-5-13)19(20)21/h2-9H,1H3/b14-8+. The van der Waals surface area contributed by atoms with Gasteiger partial charge in [-0.05, 0) is 47.9 Å². The van der Waals surface area contributed by atoms with Gasteiger partial charge in [0.25, 0.3) is 5.69 Å². The second-order valence-electron chi connectivity index (χ2n) is 4.48. The highest BCUT2D eigenvalue weighted by molar-refractivity contribution is 9.10. The van der Waals surface area contributed by atoms with Gasteiger partial charge in [0, 0.05) is 16.6 Å². The number of hydrogen-bond acceptors (Lipinski definition) is 3. The summed E-state index contributed by atoms with van der Waals surface area (Å²) in [7, 11) is 0. The Morgan fingerprint density at radius 1 is 1.29 bits per heavy atom. The zero-order valence-corrected chi connectivity index (χ0v) is 12.8. The summed E-state index contributed by atoms with van der Waals surface area (Å²) in [6.07, 6.45) is 1.76. The van der Waals surface area contributed by atoms with Crippen molar-refractivity contribution < 1.29 is 4.92 Å². The van der Waals surface area contributed by atoms with Gasteiger partial charge in [-0.1, -0.05) is 28.1 Å². The molecule has 21 heavy (non-hydrogen) atoms. The lowest BCUT2D eigenvalue weighted by Crippen LogP contribution is -1.88. The second-order valence-corrected chi connectivity index (χ2v) is 5.34. The molecule has 4 nitrogen and oxygen atoms in total. The van der Waals surface area contributed by atoms with E-state index in [1.165, 1.54) is 12.1 Å². The average Bonchev–Trinajstić information content (AvgIpc) is 2.48. The lowest BCUT2D eigenvalue weighted by Gasteiger charge is -2.02. The Morgan fingerprint density at radius 2 is 1.95 bits per heavy atom. The summed E-state index contributed by atoms with van der Waals surface area (Å²) in [5.74, 6) is 0. The van der Waals surface area contributed by atoms with Gasteiger partial charge >= 0.3 is 0 Å². The van der Waals surface area contributed by atoms with Crippen molar-refractivity contribution in [3.63, 3.8) is 0 Å². The van der Waals surface area contributed by atoms with Crippen molar-refractivity contribution in [2.45, 2.75) is 6.92 Å². The van der Waals surface area contributed by atoms with Crippen molar-refractivity contribution >= 4 is 33.3 Å². The molecule has 0 bridgehead atoms. The quantitative estimate of drug-likeness (QED) is 0.350. The third kappa shape index (κ3) is 3.56. The molecule has 0 aliphatic rings. The Morgan fingerprint density at radius 3 is 2.48 bits per heavy atom. The number of rotatable bonds is 3. The molecular formula is C16H11BrN2O2. The molecule has 0 radical (unpaired) electrons. The predicted molar refractivity (Wildman–Crippen MR) is 85.5 cm³/mol. The van der Waals surface area contributed by atoms with E-state index in [1.54, 1.807) is 18.2 Å². The van der Waals surface area contributed by atoms with Crippen LogP contribution in [-0.2, 0) is 0 Å². The minimum Gasteiger partial charge on any atom is -0.258 e. The third-order valence-electron chi connectivity index (χ3n) is 3.02. The molecule has 2 aromatic rings. The Hall–Kier alpha value is -2.45.